The molecule has 2 amide bonds. The number of alkyl carbamates (subject to hydrolysis) is 1. The summed E-state index contributed by atoms with van der Waals surface area (Å²) >= 11 is 0. The van der Waals surface area contributed by atoms with Crippen molar-refractivity contribution in [1.29, 1.82) is 0 Å². The fourth-order valence-corrected chi connectivity index (χ4v) is 3.95. The summed E-state index contributed by atoms with van der Waals surface area (Å²) in [7, 11) is 1.47. The van der Waals surface area contributed by atoms with E-state index in [1.165, 1.54) is 13.2 Å². The zero-order chi connectivity index (χ0) is 23.8. The fraction of sp³-hybridized carbons (Fsp3) is 0.320. The summed E-state index contributed by atoms with van der Waals surface area (Å²) in [5.41, 5.74) is 4.38. The van der Waals surface area contributed by atoms with Gasteiger partial charge in [0, 0.05) is 26.1 Å². The molecule has 0 saturated heterocycles. The number of carbonyl (C=O) groups is 3. The number of methoxy groups -OCH3 is 1. The van der Waals surface area contributed by atoms with E-state index in [9.17, 15) is 19.5 Å². The molecule has 0 heterocycles. The molecule has 0 radical (unpaired) electrons. The first-order chi connectivity index (χ1) is 16.0. The van der Waals surface area contributed by atoms with Gasteiger partial charge in [0.2, 0.25) is 5.91 Å². The van der Waals surface area contributed by atoms with Crippen LogP contribution in [-0.4, -0.2) is 55.5 Å². The number of benzene rings is 2. The van der Waals surface area contributed by atoms with E-state index in [-0.39, 0.29) is 32.0 Å². The Morgan fingerprint density at radius 1 is 1.03 bits per heavy atom. The topological polar surface area (TPSA) is 114 Å². The minimum Gasteiger partial charge on any atom is -0.480 e. The Balaban J connectivity index is 1.65. The van der Waals surface area contributed by atoms with Gasteiger partial charge < -0.3 is 25.2 Å². The first-order valence-corrected chi connectivity index (χ1v) is 10.7. The number of fused-ring (bicyclic) bond motifs is 3. The molecule has 33 heavy (non-hydrogen) atoms. The van der Waals surface area contributed by atoms with E-state index < -0.39 is 30.1 Å². The molecule has 8 nitrogen and oxygen atoms in total. The van der Waals surface area contributed by atoms with Crippen LogP contribution >= 0.6 is 0 Å². The average molecular weight is 453 g/mol. The van der Waals surface area contributed by atoms with Gasteiger partial charge in [-0.05, 0) is 28.7 Å². The van der Waals surface area contributed by atoms with Crippen LogP contribution in [0.3, 0.4) is 0 Å². The summed E-state index contributed by atoms with van der Waals surface area (Å²) in [5.74, 6) is -1.93. The smallest absolute Gasteiger partial charge is 0.407 e. The van der Waals surface area contributed by atoms with Gasteiger partial charge in [-0.25, -0.2) is 9.59 Å². The lowest BCUT2D eigenvalue weighted by Gasteiger charge is -2.21. The Labute approximate surface area is 192 Å². The van der Waals surface area contributed by atoms with Crippen LogP contribution < -0.4 is 10.6 Å². The Hall–Kier alpha value is -3.65. The number of aliphatic carboxylic acids is 1. The number of carboxylic acids is 1. The zero-order valence-electron chi connectivity index (χ0n) is 18.5. The molecule has 0 saturated carbocycles. The summed E-state index contributed by atoms with van der Waals surface area (Å²) in [5, 5.41) is 14.2. The summed E-state index contributed by atoms with van der Waals surface area (Å²) in [6.07, 6.45) is 0.863. The van der Waals surface area contributed by atoms with E-state index in [0.717, 1.165) is 22.3 Å². The molecule has 2 aromatic carbocycles. The van der Waals surface area contributed by atoms with Crippen LogP contribution in [0.15, 0.2) is 61.2 Å². The van der Waals surface area contributed by atoms with E-state index in [4.69, 9.17) is 9.47 Å². The minimum absolute atomic E-state index is 0.0585. The molecule has 1 aliphatic carbocycles. The number of rotatable bonds is 11. The van der Waals surface area contributed by atoms with E-state index in [0.29, 0.717) is 0 Å². The normalized spacial score (nSPS) is 13.8. The maximum Gasteiger partial charge on any atom is 0.407 e. The van der Waals surface area contributed by atoms with Gasteiger partial charge in [-0.1, -0.05) is 54.6 Å². The Morgan fingerprint density at radius 2 is 1.64 bits per heavy atom. The van der Waals surface area contributed by atoms with Gasteiger partial charge in [-0.15, -0.1) is 6.58 Å². The molecule has 0 fully saturated rings. The lowest BCUT2D eigenvalue weighted by Crippen LogP contribution is -2.52. The van der Waals surface area contributed by atoms with Crippen LogP contribution in [0.1, 0.15) is 29.9 Å². The van der Waals surface area contributed by atoms with Crippen LogP contribution in [0.25, 0.3) is 11.1 Å². The number of carbonyl (C=O) groups excluding carboxylic acids is 2. The first kappa shape index (κ1) is 24.0. The number of amides is 2. The molecule has 2 atom stereocenters. The standard InChI is InChI=1S/C25H28N2O6/c1-3-8-22(24(29)30)26-23(28)21(13-14-32-2)27-25(31)33-15-20-18-11-6-4-9-16(18)17-10-5-7-12-19(17)20/h3-7,9-12,20-22H,1,8,13-15H2,2H3,(H,26,28)(H,27,31)(H,29,30). The predicted octanol–water partition coefficient (Wildman–Crippen LogP) is 3.08. The lowest BCUT2D eigenvalue weighted by molar-refractivity contribution is -0.142. The predicted molar refractivity (Wildman–Crippen MR) is 123 cm³/mol. The van der Waals surface area contributed by atoms with Gasteiger partial charge in [0.05, 0.1) is 0 Å². The minimum atomic E-state index is -1.19. The van der Waals surface area contributed by atoms with Crippen LogP contribution in [-0.2, 0) is 19.1 Å². The van der Waals surface area contributed by atoms with E-state index in [2.05, 4.69) is 17.2 Å². The molecule has 0 bridgehead atoms. The van der Waals surface area contributed by atoms with Gasteiger partial charge in [-0.3, -0.25) is 4.79 Å². The van der Waals surface area contributed by atoms with Crippen molar-refractivity contribution in [2.24, 2.45) is 0 Å². The van der Waals surface area contributed by atoms with Gasteiger partial charge in [0.1, 0.15) is 18.7 Å². The molecule has 2 unspecified atom stereocenters. The Kier molecular flexibility index (Phi) is 8.21. The van der Waals surface area contributed by atoms with E-state index in [1.807, 2.05) is 48.5 Å². The van der Waals surface area contributed by atoms with E-state index >= 15 is 0 Å². The summed E-state index contributed by atoms with van der Waals surface area (Å²) in [6.45, 7) is 3.80. The molecule has 0 aliphatic heterocycles. The molecule has 174 valence electrons. The van der Waals surface area contributed by atoms with Crippen LogP contribution in [0, 0.1) is 0 Å². The fourth-order valence-electron chi connectivity index (χ4n) is 3.95. The summed E-state index contributed by atoms with van der Waals surface area (Å²) in [4.78, 5) is 36.5. The van der Waals surface area contributed by atoms with Crippen molar-refractivity contribution in [3.05, 3.63) is 72.3 Å². The lowest BCUT2D eigenvalue weighted by atomic mass is 9.98. The van der Waals surface area contributed by atoms with Crippen molar-refractivity contribution in [2.75, 3.05) is 20.3 Å². The zero-order valence-corrected chi connectivity index (χ0v) is 18.5. The van der Waals surface area contributed by atoms with Crippen molar-refractivity contribution in [3.63, 3.8) is 0 Å². The SMILES string of the molecule is C=CCC(NC(=O)C(CCOC)NC(=O)OCC1c2ccccc2-c2ccccc21)C(=O)O. The quantitative estimate of drug-likeness (QED) is 0.452. The van der Waals surface area contributed by atoms with Crippen molar-refractivity contribution < 1.29 is 29.0 Å². The highest BCUT2D eigenvalue weighted by atomic mass is 16.5. The molecular weight excluding hydrogens is 424 g/mol. The van der Waals surface area contributed by atoms with Crippen LogP contribution in [0.4, 0.5) is 4.79 Å². The summed E-state index contributed by atoms with van der Waals surface area (Å²) < 4.78 is 10.5. The number of hydrogen-bond donors (Lipinski definition) is 3. The maximum atomic E-state index is 12.6. The second-order valence-electron chi connectivity index (χ2n) is 7.73. The molecule has 0 spiro atoms. The van der Waals surface area contributed by atoms with Gasteiger partial charge in [0.15, 0.2) is 0 Å². The molecule has 2 aromatic rings. The molecule has 0 aromatic heterocycles. The third-order valence-electron chi connectivity index (χ3n) is 5.58. The molecule has 3 rings (SSSR count). The maximum absolute atomic E-state index is 12.6. The molecule has 3 N–H and O–H groups in total. The van der Waals surface area contributed by atoms with Gasteiger partial charge >= 0.3 is 12.1 Å². The highest BCUT2D eigenvalue weighted by Gasteiger charge is 2.30. The van der Waals surface area contributed by atoms with Gasteiger partial charge in [0.25, 0.3) is 0 Å². The number of nitrogens with one attached hydrogen (secondary N) is 2. The van der Waals surface area contributed by atoms with Crippen molar-refractivity contribution in [3.8, 4) is 11.1 Å². The van der Waals surface area contributed by atoms with Crippen molar-refractivity contribution in [1.82, 2.24) is 10.6 Å². The Morgan fingerprint density at radius 3 is 2.18 bits per heavy atom. The Bertz CT molecular complexity index is 976. The highest BCUT2D eigenvalue weighted by Crippen LogP contribution is 2.44. The number of hydrogen-bond acceptors (Lipinski definition) is 5. The van der Waals surface area contributed by atoms with Crippen molar-refractivity contribution in [2.45, 2.75) is 30.8 Å². The van der Waals surface area contributed by atoms with Gasteiger partial charge in [-0.2, -0.15) is 0 Å². The highest BCUT2D eigenvalue weighted by molar-refractivity contribution is 5.89. The van der Waals surface area contributed by atoms with Crippen molar-refractivity contribution >= 4 is 18.0 Å². The second-order valence-corrected chi connectivity index (χ2v) is 7.73. The monoisotopic (exact) mass is 452 g/mol. The first-order valence-electron chi connectivity index (χ1n) is 10.7. The van der Waals surface area contributed by atoms with E-state index in [1.54, 1.807) is 0 Å². The second kappa shape index (κ2) is 11.3. The largest absolute Gasteiger partial charge is 0.480 e. The third-order valence-corrected chi connectivity index (χ3v) is 5.58. The number of ether oxygens (including phenoxy) is 2. The van der Waals surface area contributed by atoms with Crippen LogP contribution in [0.5, 0.6) is 0 Å². The molecular formula is C25H28N2O6. The third kappa shape index (κ3) is 5.78. The molecule has 1 aliphatic rings. The number of carboxylic acid groups (broad SMARTS) is 1. The molecule has 8 heteroatoms. The summed E-state index contributed by atoms with van der Waals surface area (Å²) in [6, 6.07) is 13.8. The average Bonchev–Trinajstić information content (AvgIpc) is 3.13. The van der Waals surface area contributed by atoms with Crippen LogP contribution in [0.2, 0.25) is 0 Å².